The van der Waals surface area contributed by atoms with Gasteiger partial charge in [-0.1, -0.05) is 17.7 Å². The third-order valence-corrected chi connectivity index (χ3v) is 8.68. The van der Waals surface area contributed by atoms with Gasteiger partial charge in [0.15, 0.2) is 11.5 Å². The topological polar surface area (TPSA) is 76.2 Å². The lowest BCUT2D eigenvalue weighted by atomic mass is 10.2. The van der Waals surface area contributed by atoms with Gasteiger partial charge in [-0.3, -0.25) is 4.79 Å². The van der Waals surface area contributed by atoms with Crippen LogP contribution >= 0.6 is 11.8 Å². The summed E-state index contributed by atoms with van der Waals surface area (Å²) in [4.78, 5) is 15.7. The molecule has 2 aromatic rings. The maximum atomic E-state index is 13.1. The van der Waals surface area contributed by atoms with Crippen LogP contribution in [0.5, 0.6) is 11.5 Å². The van der Waals surface area contributed by atoms with Crippen molar-refractivity contribution in [3.63, 3.8) is 0 Å². The number of amides is 1. The lowest BCUT2D eigenvalue weighted by molar-refractivity contribution is -0.129. The zero-order valence-corrected chi connectivity index (χ0v) is 20.0. The fourth-order valence-corrected chi connectivity index (χ4v) is 6.17. The lowest BCUT2D eigenvalue weighted by Gasteiger charge is -2.34. The Morgan fingerprint density at radius 2 is 1.69 bits per heavy atom. The van der Waals surface area contributed by atoms with E-state index in [1.54, 1.807) is 17.0 Å². The molecule has 0 bridgehead atoms. The summed E-state index contributed by atoms with van der Waals surface area (Å²) in [7, 11) is -3.67. The molecule has 2 heterocycles. The van der Waals surface area contributed by atoms with E-state index in [-0.39, 0.29) is 23.9 Å². The van der Waals surface area contributed by atoms with E-state index >= 15 is 0 Å². The zero-order valence-electron chi connectivity index (χ0n) is 18.4. The number of nitrogens with zero attached hydrogens (tertiary/aromatic N) is 2. The monoisotopic (exact) mass is 476 g/mol. The lowest BCUT2D eigenvalue weighted by Crippen LogP contribution is -2.50. The Balaban J connectivity index is 1.35. The smallest absolute Gasteiger partial charge is 0.243 e. The Bertz CT molecular complexity index is 1100. The van der Waals surface area contributed by atoms with Crippen LogP contribution < -0.4 is 9.47 Å². The molecule has 172 valence electrons. The summed E-state index contributed by atoms with van der Waals surface area (Å²) in [5.41, 5.74) is 2.36. The number of benzene rings is 2. The van der Waals surface area contributed by atoms with Gasteiger partial charge in [-0.25, -0.2) is 8.42 Å². The second kappa shape index (κ2) is 9.72. The number of ether oxygens (including phenoxy) is 2. The number of aryl methyl sites for hydroxylation is 2. The molecule has 2 aliphatic rings. The minimum absolute atomic E-state index is 0.0302. The summed E-state index contributed by atoms with van der Waals surface area (Å²) in [6.07, 6.45) is 0.758. The van der Waals surface area contributed by atoms with Gasteiger partial charge in [0.05, 0.1) is 23.9 Å². The molecule has 1 fully saturated rings. The van der Waals surface area contributed by atoms with Crippen molar-refractivity contribution in [3.05, 3.63) is 47.5 Å². The molecule has 2 aromatic carbocycles. The number of sulfonamides is 1. The molecule has 1 saturated heterocycles. The van der Waals surface area contributed by atoms with Crippen LogP contribution in [0.3, 0.4) is 0 Å². The number of carbonyl (C=O) groups excluding carboxylic acids is 1. The van der Waals surface area contributed by atoms with Crippen LogP contribution in [0.1, 0.15) is 17.5 Å². The van der Waals surface area contributed by atoms with Crippen molar-refractivity contribution >= 4 is 27.7 Å². The molecule has 0 unspecified atom stereocenters. The molecule has 1 amide bonds. The van der Waals surface area contributed by atoms with Crippen molar-refractivity contribution in [3.8, 4) is 11.5 Å². The number of carbonyl (C=O) groups is 1. The quantitative estimate of drug-likeness (QED) is 0.618. The van der Waals surface area contributed by atoms with Gasteiger partial charge in [0.2, 0.25) is 15.9 Å². The van der Waals surface area contributed by atoms with E-state index in [0.717, 1.165) is 16.9 Å². The first-order chi connectivity index (χ1) is 15.3. The van der Waals surface area contributed by atoms with E-state index in [1.165, 1.54) is 27.7 Å². The summed E-state index contributed by atoms with van der Waals surface area (Å²) in [5, 5.41) is 0. The standard InChI is InChI=1S/C23H28N2O5S2/c1-17-4-7-22(18(2)14-17)31-16-23(26)24-8-10-25(11-9-24)32(27,28)19-5-6-20-21(15-19)30-13-3-12-29-20/h4-7,14-15H,3,8-13,16H2,1-2H3. The maximum Gasteiger partial charge on any atom is 0.243 e. The summed E-state index contributed by atoms with van der Waals surface area (Å²) in [6.45, 7) is 6.46. The third kappa shape index (κ3) is 5.05. The number of fused-ring (bicyclic) bond motifs is 1. The Kier molecular flexibility index (Phi) is 6.97. The van der Waals surface area contributed by atoms with Crippen molar-refractivity contribution in [2.75, 3.05) is 45.1 Å². The average Bonchev–Trinajstić information content (AvgIpc) is 3.03. The van der Waals surface area contributed by atoms with Crippen molar-refractivity contribution in [1.29, 1.82) is 0 Å². The van der Waals surface area contributed by atoms with Crippen molar-refractivity contribution in [1.82, 2.24) is 9.21 Å². The molecule has 0 N–H and O–H groups in total. The Labute approximate surface area is 193 Å². The van der Waals surface area contributed by atoms with Gasteiger partial charge in [-0.15, -0.1) is 11.8 Å². The minimum atomic E-state index is -3.67. The molecule has 7 nitrogen and oxygen atoms in total. The predicted molar refractivity (Wildman–Crippen MR) is 124 cm³/mol. The number of rotatable bonds is 5. The summed E-state index contributed by atoms with van der Waals surface area (Å²) in [6, 6.07) is 10.9. The molecule has 0 spiro atoms. The third-order valence-electron chi connectivity index (χ3n) is 5.63. The largest absolute Gasteiger partial charge is 0.490 e. The second-order valence-corrected chi connectivity index (χ2v) is 11.0. The Morgan fingerprint density at radius 3 is 2.41 bits per heavy atom. The van der Waals surface area contributed by atoms with Gasteiger partial charge in [0.25, 0.3) is 0 Å². The molecule has 32 heavy (non-hydrogen) atoms. The van der Waals surface area contributed by atoms with Crippen LogP contribution in [-0.2, 0) is 14.8 Å². The van der Waals surface area contributed by atoms with Crippen LogP contribution in [0.4, 0.5) is 0 Å². The highest BCUT2D eigenvalue weighted by Gasteiger charge is 2.31. The first-order valence-electron chi connectivity index (χ1n) is 10.7. The number of hydrogen-bond acceptors (Lipinski definition) is 6. The number of piperazine rings is 1. The highest BCUT2D eigenvalue weighted by molar-refractivity contribution is 8.00. The fraction of sp³-hybridized carbons (Fsp3) is 0.435. The highest BCUT2D eigenvalue weighted by Crippen LogP contribution is 2.33. The first-order valence-corrected chi connectivity index (χ1v) is 13.1. The molecule has 0 aromatic heterocycles. The molecular weight excluding hydrogens is 448 g/mol. The van der Waals surface area contributed by atoms with Gasteiger partial charge in [-0.05, 0) is 37.6 Å². The van der Waals surface area contributed by atoms with Crippen molar-refractivity contribution in [2.45, 2.75) is 30.1 Å². The first kappa shape index (κ1) is 22.9. The second-order valence-electron chi connectivity index (χ2n) is 8.00. The molecule has 0 aliphatic carbocycles. The van der Waals surface area contributed by atoms with Gasteiger partial charge in [-0.2, -0.15) is 4.31 Å². The summed E-state index contributed by atoms with van der Waals surface area (Å²) in [5.74, 6) is 1.40. The van der Waals surface area contributed by atoms with Crippen LogP contribution in [0.25, 0.3) is 0 Å². The van der Waals surface area contributed by atoms with Gasteiger partial charge < -0.3 is 14.4 Å². The summed E-state index contributed by atoms with van der Waals surface area (Å²) >= 11 is 1.53. The highest BCUT2D eigenvalue weighted by atomic mass is 32.2. The fourth-order valence-electron chi connectivity index (χ4n) is 3.82. The van der Waals surface area contributed by atoms with Crippen molar-refractivity contribution < 1.29 is 22.7 Å². The van der Waals surface area contributed by atoms with Crippen molar-refractivity contribution in [2.24, 2.45) is 0 Å². The van der Waals surface area contributed by atoms with E-state index in [1.807, 2.05) is 26.0 Å². The van der Waals surface area contributed by atoms with E-state index in [9.17, 15) is 13.2 Å². The van der Waals surface area contributed by atoms with E-state index in [2.05, 4.69) is 6.07 Å². The van der Waals surface area contributed by atoms with E-state index in [0.29, 0.717) is 43.6 Å². The van der Waals surface area contributed by atoms with Gasteiger partial charge in [0, 0.05) is 43.6 Å². The van der Waals surface area contributed by atoms with E-state index < -0.39 is 10.0 Å². The van der Waals surface area contributed by atoms with Crippen LogP contribution in [0.15, 0.2) is 46.2 Å². The number of thioether (sulfide) groups is 1. The number of hydrogen-bond donors (Lipinski definition) is 0. The Morgan fingerprint density at radius 1 is 0.969 bits per heavy atom. The predicted octanol–water partition coefficient (Wildman–Crippen LogP) is 3.09. The molecule has 0 saturated carbocycles. The Hall–Kier alpha value is -2.23. The normalized spacial score (nSPS) is 17.1. The minimum Gasteiger partial charge on any atom is -0.490 e. The molecule has 0 radical (unpaired) electrons. The molecule has 0 atom stereocenters. The molecule has 9 heteroatoms. The van der Waals surface area contributed by atoms with Crippen LogP contribution in [0.2, 0.25) is 0 Å². The maximum absolute atomic E-state index is 13.1. The molecule has 4 rings (SSSR count). The molecule has 2 aliphatic heterocycles. The SMILES string of the molecule is Cc1ccc(SCC(=O)N2CCN(S(=O)(=O)c3ccc4c(c3)OCCCO4)CC2)c(C)c1. The van der Waals surface area contributed by atoms with Crippen LogP contribution in [-0.4, -0.2) is 68.7 Å². The average molecular weight is 477 g/mol. The van der Waals surface area contributed by atoms with Gasteiger partial charge >= 0.3 is 0 Å². The summed E-state index contributed by atoms with van der Waals surface area (Å²) < 4.78 is 38.9. The van der Waals surface area contributed by atoms with E-state index in [4.69, 9.17) is 9.47 Å². The molecular formula is C23H28N2O5S2. The van der Waals surface area contributed by atoms with Gasteiger partial charge in [0.1, 0.15) is 0 Å². The van der Waals surface area contributed by atoms with Crippen LogP contribution in [0, 0.1) is 13.8 Å². The zero-order chi connectivity index (χ0) is 22.7.